The molecule has 4 nitrogen and oxygen atoms in total. The maximum atomic E-state index is 12.6. The van der Waals surface area contributed by atoms with Crippen LogP contribution >= 0.6 is 23.2 Å². The average Bonchev–Trinajstić information content (AvgIpc) is 2.69. The number of nitrogens with zero attached hydrogens (tertiary/aromatic N) is 2. The predicted octanol–water partition coefficient (Wildman–Crippen LogP) is 5.98. The Morgan fingerprint density at radius 2 is 1.90 bits per heavy atom. The average molecular weight is 432 g/mol. The van der Waals surface area contributed by atoms with Crippen molar-refractivity contribution in [2.75, 3.05) is 25.5 Å². The van der Waals surface area contributed by atoms with Crippen molar-refractivity contribution < 1.29 is 4.79 Å². The number of likely N-dealkylation sites (tertiary alicyclic amines) is 1. The van der Waals surface area contributed by atoms with Crippen LogP contribution in [0.5, 0.6) is 0 Å². The molecule has 1 N–H and O–H groups in total. The van der Waals surface area contributed by atoms with Gasteiger partial charge in [0.15, 0.2) is 0 Å². The molecule has 1 saturated heterocycles. The number of likely N-dealkylation sites (N-methyl/N-ethyl adjacent to an activating group) is 1. The fourth-order valence-electron chi connectivity index (χ4n) is 4.52. The topological polar surface area (TPSA) is 35.6 Å². The molecule has 2 amide bonds. The van der Waals surface area contributed by atoms with Crippen LogP contribution in [0.15, 0.2) is 36.4 Å². The molecule has 154 valence electrons. The third kappa shape index (κ3) is 4.40. The summed E-state index contributed by atoms with van der Waals surface area (Å²) >= 11 is 12.8. The first-order chi connectivity index (χ1) is 13.9. The maximum Gasteiger partial charge on any atom is 0.322 e. The molecule has 2 aromatic rings. The maximum absolute atomic E-state index is 12.6. The zero-order valence-electron chi connectivity index (χ0n) is 16.9. The van der Waals surface area contributed by atoms with Crippen LogP contribution in [0.3, 0.4) is 0 Å². The number of nitrogens with one attached hydrogen (secondary N) is 1. The van der Waals surface area contributed by atoms with Crippen molar-refractivity contribution >= 4 is 34.9 Å². The fraction of sp³-hybridized carbons (Fsp3) is 0.435. The lowest BCUT2D eigenvalue weighted by Crippen LogP contribution is -2.44. The molecule has 2 aromatic carbocycles. The molecule has 2 heterocycles. The number of carbonyl (C=O) groups is 1. The number of hydrogen-bond donors (Lipinski definition) is 1. The number of halogens is 2. The third-order valence-electron chi connectivity index (χ3n) is 6.12. The lowest BCUT2D eigenvalue weighted by Gasteiger charge is -2.34. The van der Waals surface area contributed by atoms with Gasteiger partial charge in [-0.15, -0.1) is 0 Å². The van der Waals surface area contributed by atoms with Gasteiger partial charge in [-0.1, -0.05) is 35.3 Å². The van der Waals surface area contributed by atoms with Crippen LogP contribution < -0.4 is 5.32 Å². The molecular formula is C23H27Cl2N3O. The third-order valence-corrected chi connectivity index (χ3v) is 6.68. The van der Waals surface area contributed by atoms with E-state index in [0.717, 1.165) is 48.7 Å². The van der Waals surface area contributed by atoms with Gasteiger partial charge in [0.25, 0.3) is 0 Å². The second kappa shape index (κ2) is 8.55. The number of hydrogen-bond acceptors (Lipinski definition) is 2. The van der Waals surface area contributed by atoms with Gasteiger partial charge >= 0.3 is 6.03 Å². The molecule has 0 spiro atoms. The van der Waals surface area contributed by atoms with Gasteiger partial charge in [0.1, 0.15) is 0 Å². The molecule has 2 unspecified atom stereocenters. The van der Waals surface area contributed by atoms with E-state index in [4.69, 9.17) is 23.2 Å². The molecule has 0 bridgehead atoms. The molecule has 6 heteroatoms. The molecule has 0 aliphatic carbocycles. The summed E-state index contributed by atoms with van der Waals surface area (Å²) in [5, 5.41) is 4.45. The van der Waals surface area contributed by atoms with E-state index >= 15 is 0 Å². The molecule has 4 rings (SSSR count). The predicted molar refractivity (Wildman–Crippen MR) is 120 cm³/mol. The highest BCUT2D eigenvalue weighted by atomic mass is 35.5. The number of piperidine rings is 1. The minimum absolute atomic E-state index is 0.00809. The highest BCUT2D eigenvalue weighted by molar-refractivity contribution is 6.35. The standard InChI is InChI=1S/C23H27Cl2N3O/c1-15-5-3-4-10-28(15)23(29)26-18-8-6-16(7-9-18)20-13-27(2)14-21-19(20)11-17(24)12-22(21)25/h6-9,11-12,15,20H,3-5,10,13-14H2,1-2H3,(H,26,29). The van der Waals surface area contributed by atoms with Gasteiger partial charge in [-0.05, 0) is 74.2 Å². The summed E-state index contributed by atoms with van der Waals surface area (Å²) in [5.74, 6) is 0.201. The number of benzene rings is 2. The van der Waals surface area contributed by atoms with E-state index in [0.29, 0.717) is 11.1 Å². The lowest BCUT2D eigenvalue weighted by molar-refractivity contribution is 0.170. The first-order valence-electron chi connectivity index (χ1n) is 10.3. The molecule has 0 aromatic heterocycles. The van der Waals surface area contributed by atoms with Crippen molar-refractivity contribution in [3.05, 3.63) is 63.1 Å². The number of carbonyl (C=O) groups excluding carboxylic acids is 1. The van der Waals surface area contributed by atoms with E-state index in [1.54, 1.807) is 0 Å². The number of urea groups is 1. The highest BCUT2D eigenvalue weighted by Gasteiger charge is 2.27. The number of anilines is 1. The summed E-state index contributed by atoms with van der Waals surface area (Å²) in [7, 11) is 2.11. The van der Waals surface area contributed by atoms with Crippen LogP contribution in [0, 0.1) is 0 Å². The highest BCUT2D eigenvalue weighted by Crippen LogP contribution is 2.38. The van der Waals surface area contributed by atoms with Crippen LogP contribution in [-0.2, 0) is 6.54 Å². The molecule has 2 atom stereocenters. The Labute approximate surface area is 182 Å². The van der Waals surface area contributed by atoms with E-state index < -0.39 is 0 Å². The van der Waals surface area contributed by atoms with Crippen molar-refractivity contribution in [3.63, 3.8) is 0 Å². The fourth-order valence-corrected chi connectivity index (χ4v) is 5.09. The van der Waals surface area contributed by atoms with Crippen LogP contribution in [0.1, 0.15) is 48.8 Å². The van der Waals surface area contributed by atoms with Gasteiger partial charge in [0, 0.05) is 47.3 Å². The normalized spacial score (nSPS) is 22.3. The van der Waals surface area contributed by atoms with Gasteiger partial charge in [0.2, 0.25) is 0 Å². The molecule has 1 fully saturated rings. The Hall–Kier alpha value is -1.75. The second-order valence-electron chi connectivity index (χ2n) is 8.30. The van der Waals surface area contributed by atoms with Crippen molar-refractivity contribution in [2.24, 2.45) is 0 Å². The Morgan fingerprint density at radius 3 is 2.62 bits per heavy atom. The zero-order valence-corrected chi connectivity index (χ0v) is 18.4. The Balaban J connectivity index is 1.53. The number of amides is 2. The number of fused-ring (bicyclic) bond motifs is 1. The Morgan fingerprint density at radius 1 is 1.14 bits per heavy atom. The van der Waals surface area contributed by atoms with Crippen molar-refractivity contribution in [2.45, 2.75) is 44.7 Å². The van der Waals surface area contributed by atoms with Gasteiger partial charge < -0.3 is 15.1 Å². The van der Waals surface area contributed by atoms with Gasteiger partial charge in [0.05, 0.1) is 0 Å². The van der Waals surface area contributed by atoms with Gasteiger partial charge in [-0.2, -0.15) is 0 Å². The van der Waals surface area contributed by atoms with Gasteiger partial charge in [-0.25, -0.2) is 4.79 Å². The lowest BCUT2D eigenvalue weighted by atomic mass is 9.84. The Bertz CT molecular complexity index is 900. The molecule has 0 saturated carbocycles. The van der Waals surface area contributed by atoms with E-state index in [9.17, 15) is 4.79 Å². The van der Waals surface area contributed by atoms with E-state index in [-0.39, 0.29) is 11.9 Å². The van der Waals surface area contributed by atoms with Crippen LogP contribution in [-0.4, -0.2) is 42.0 Å². The number of rotatable bonds is 2. The van der Waals surface area contributed by atoms with Crippen molar-refractivity contribution in [1.82, 2.24) is 9.80 Å². The van der Waals surface area contributed by atoms with E-state index in [1.165, 1.54) is 17.5 Å². The molecule has 2 aliphatic heterocycles. The summed E-state index contributed by atoms with van der Waals surface area (Å²) in [5.41, 5.74) is 4.36. The van der Waals surface area contributed by atoms with Gasteiger partial charge in [-0.3, -0.25) is 0 Å². The summed E-state index contributed by atoms with van der Waals surface area (Å²) in [6, 6.07) is 12.3. The van der Waals surface area contributed by atoms with Crippen LogP contribution in [0.4, 0.5) is 10.5 Å². The largest absolute Gasteiger partial charge is 0.322 e. The molecule has 29 heavy (non-hydrogen) atoms. The summed E-state index contributed by atoms with van der Waals surface area (Å²) in [6.45, 7) is 4.68. The summed E-state index contributed by atoms with van der Waals surface area (Å²) in [6.07, 6.45) is 3.35. The minimum atomic E-state index is -0.00809. The smallest absolute Gasteiger partial charge is 0.322 e. The minimum Gasteiger partial charge on any atom is -0.322 e. The Kier molecular flexibility index (Phi) is 6.05. The van der Waals surface area contributed by atoms with E-state index in [2.05, 4.69) is 36.3 Å². The second-order valence-corrected chi connectivity index (χ2v) is 9.14. The van der Waals surface area contributed by atoms with Crippen LogP contribution in [0.2, 0.25) is 10.0 Å². The van der Waals surface area contributed by atoms with Crippen molar-refractivity contribution in [1.29, 1.82) is 0 Å². The molecule has 2 aliphatic rings. The van der Waals surface area contributed by atoms with Crippen LogP contribution in [0.25, 0.3) is 0 Å². The summed E-state index contributed by atoms with van der Waals surface area (Å²) in [4.78, 5) is 16.8. The molecular weight excluding hydrogens is 405 g/mol. The first-order valence-corrected chi connectivity index (χ1v) is 11.0. The zero-order chi connectivity index (χ0) is 20.5. The van der Waals surface area contributed by atoms with E-state index in [1.807, 2.05) is 29.2 Å². The SMILES string of the molecule is CC1CCCCN1C(=O)Nc1ccc(C2CN(C)Cc3c(Cl)cc(Cl)cc32)cc1. The van der Waals surface area contributed by atoms with Crippen molar-refractivity contribution in [3.8, 4) is 0 Å². The summed E-state index contributed by atoms with van der Waals surface area (Å²) < 4.78 is 0. The first kappa shape index (κ1) is 20.5. The molecule has 0 radical (unpaired) electrons. The monoisotopic (exact) mass is 431 g/mol. The quantitative estimate of drug-likeness (QED) is 0.634.